The van der Waals surface area contributed by atoms with Crippen molar-refractivity contribution in [3.05, 3.63) is 65.9 Å². The van der Waals surface area contributed by atoms with Crippen LogP contribution in [0.2, 0.25) is 0 Å². The number of aromatic nitrogens is 3. The second-order valence-corrected chi connectivity index (χ2v) is 10.8. The molecule has 0 unspecified atom stereocenters. The van der Waals surface area contributed by atoms with Crippen LogP contribution in [-0.2, 0) is 4.74 Å². The van der Waals surface area contributed by atoms with Crippen molar-refractivity contribution in [3.8, 4) is 34.2 Å². The van der Waals surface area contributed by atoms with Crippen LogP contribution in [-0.4, -0.2) is 52.5 Å². The van der Waals surface area contributed by atoms with E-state index in [-0.39, 0.29) is 17.4 Å². The molecule has 1 amide bonds. The fraction of sp³-hybridized carbons (Fsp3) is 0.333. The highest BCUT2D eigenvalue weighted by Crippen LogP contribution is 2.38. The molecule has 4 aromatic rings. The molecule has 1 aliphatic rings. The van der Waals surface area contributed by atoms with Gasteiger partial charge in [0.2, 0.25) is 0 Å². The number of rotatable bonds is 5. The van der Waals surface area contributed by atoms with Gasteiger partial charge in [-0.05, 0) is 69.5 Å². The number of alkyl carbamates (subject to hydrolysis) is 1. The van der Waals surface area contributed by atoms with Crippen LogP contribution < -0.4 is 15.0 Å². The molecular weight excluding hydrogens is 530 g/mol. The Hall–Kier alpha value is -4.72. The Labute approximate surface area is 236 Å². The molecule has 0 radical (unpaired) electrons. The molecule has 1 atom stereocenters. The van der Waals surface area contributed by atoms with E-state index in [2.05, 4.69) is 15.2 Å². The predicted molar refractivity (Wildman–Crippen MR) is 150 cm³/mol. The Morgan fingerprint density at radius 1 is 1.12 bits per heavy atom. The first-order chi connectivity index (χ1) is 19.6. The van der Waals surface area contributed by atoms with E-state index in [0.717, 1.165) is 12.8 Å². The minimum absolute atomic E-state index is 0.0849. The molecule has 1 N–H and O–H groups in total. The van der Waals surface area contributed by atoms with E-state index >= 15 is 0 Å². The number of anilines is 1. The smallest absolute Gasteiger partial charge is 0.407 e. The molecule has 2 aromatic carbocycles. The third kappa shape index (κ3) is 5.77. The van der Waals surface area contributed by atoms with Crippen molar-refractivity contribution in [2.45, 2.75) is 45.3 Å². The number of amides is 1. The topological polar surface area (TPSA) is 105 Å². The summed E-state index contributed by atoms with van der Waals surface area (Å²) in [6.07, 6.45) is 2.77. The summed E-state index contributed by atoms with van der Waals surface area (Å²) in [6.45, 7) is 6.66. The minimum Gasteiger partial charge on any atom is -0.494 e. The molecule has 5 rings (SSSR count). The Bertz CT molecular complexity index is 1660. The Kier molecular flexibility index (Phi) is 7.49. The lowest BCUT2D eigenvalue weighted by atomic mass is 10.00. The molecule has 0 saturated carbocycles. The van der Waals surface area contributed by atoms with Crippen LogP contribution in [0.15, 0.2) is 48.7 Å². The van der Waals surface area contributed by atoms with Gasteiger partial charge in [-0.15, -0.1) is 0 Å². The van der Waals surface area contributed by atoms with Crippen LogP contribution in [0.5, 0.6) is 5.75 Å². The quantitative estimate of drug-likeness (QED) is 0.333. The normalized spacial score (nSPS) is 15.4. The van der Waals surface area contributed by atoms with Crippen molar-refractivity contribution in [3.63, 3.8) is 0 Å². The van der Waals surface area contributed by atoms with Crippen molar-refractivity contribution in [2.75, 3.05) is 25.1 Å². The Morgan fingerprint density at radius 2 is 1.88 bits per heavy atom. The summed E-state index contributed by atoms with van der Waals surface area (Å²) >= 11 is 0. The highest BCUT2D eigenvalue weighted by Gasteiger charge is 2.27. The van der Waals surface area contributed by atoms with Crippen LogP contribution in [0.1, 0.15) is 39.2 Å². The number of carbonyl (C=O) groups excluding carboxylic acids is 1. The second-order valence-electron chi connectivity index (χ2n) is 10.8. The van der Waals surface area contributed by atoms with Gasteiger partial charge < -0.3 is 19.7 Å². The van der Waals surface area contributed by atoms with Crippen molar-refractivity contribution >= 4 is 17.6 Å². The van der Waals surface area contributed by atoms with Gasteiger partial charge in [-0.2, -0.15) is 14.9 Å². The number of nitrogens with zero attached hydrogens (tertiary/aromatic N) is 5. The molecule has 1 saturated heterocycles. The number of methoxy groups -OCH3 is 1. The molecule has 0 aliphatic carbocycles. The predicted octanol–water partition coefficient (Wildman–Crippen LogP) is 5.72. The van der Waals surface area contributed by atoms with Gasteiger partial charge in [0.15, 0.2) is 17.2 Å². The lowest BCUT2D eigenvalue weighted by molar-refractivity contribution is 0.0500. The third-order valence-corrected chi connectivity index (χ3v) is 6.77. The van der Waals surface area contributed by atoms with Gasteiger partial charge in [0.25, 0.3) is 0 Å². The van der Waals surface area contributed by atoms with Gasteiger partial charge in [0.1, 0.15) is 29.0 Å². The number of piperidine rings is 1. The largest absolute Gasteiger partial charge is 0.494 e. The van der Waals surface area contributed by atoms with Gasteiger partial charge in [0.05, 0.1) is 18.2 Å². The summed E-state index contributed by atoms with van der Waals surface area (Å²) in [6, 6.07) is 12.3. The number of nitriles is 1. The molecule has 9 nitrogen and oxygen atoms in total. The monoisotopic (exact) mass is 560 g/mol. The minimum atomic E-state index is -0.686. The number of benzene rings is 2. The fourth-order valence-corrected chi connectivity index (χ4v) is 4.99. The van der Waals surface area contributed by atoms with E-state index in [4.69, 9.17) is 14.6 Å². The molecular formula is C30H30F2N6O3. The maximum Gasteiger partial charge on any atom is 0.407 e. The van der Waals surface area contributed by atoms with Crippen molar-refractivity contribution in [2.24, 2.45) is 0 Å². The summed E-state index contributed by atoms with van der Waals surface area (Å²) in [4.78, 5) is 19.1. The average Bonchev–Trinajstić information content (AvgIpc) is 3.32. The molecule has 1 fully saturated rings. The van der Waals surface area contributed by atoms with Crippen molar-refractivity contribution in [1.29, 1.82) is 5.26 Å². The number of nitrogens with one attached hydrogen (secondary N) is 1. The molecule has 11 heteroatoms. The van der Waals surface area contributed by atoms with Gasteiger partial charge in [-0.1, -0.05) is 12.1 Å². The number of hydrogen-bond acceptors (Lipinski definition) is 7. The average molecular weight is 561 g/mol. The zero-order valence-electron chi connectivity index (χ0n) is 23.2. The summed E-state index contributed by atoms with van der Waals surface area (Å²) < 4.78 is 41.7. The van der Waals surface area contributed by atoms with E-state index in [1.165, 1.54) is 31.4 Å². The van der Waals surface area contributed by atoms with Gasteiger partial charge in [-0.25, -0.2) is 18.6 Å². The number of carbonyl (C=O) groups is 1. The summed E-state index contributed by atoms with van der Waals surface area (Å²) in [5.41, 5.74) is 1.50. The molecule has 0 spiro atoms. The number of ether oxygens (including phenoxy) is 2. The summed E-state index contributed by atoms with van der Waals surface area (Å²) in [5, 5.41) is 17.0. The van der Waals surface area contributed by atoms with E-state index in [1.807, 2.05) is 32.9 Å². The molecule has 2 aromatic heterocycles. The first-order valence-corrected chi connectivity index (χ1v) is 13.2. The lowest BCUT2D eigenvalue weighted by Gasteiger charge is -2.34. The van der Waals surface area contributed by atoms with Crippen LogP contribution in [0.25, 0.3) is 28.0 Å². The fourth-order valence-electron chi connectivity index (χ4n) is 4.99. The molecule has 3 heterocycles. The second kappa shape index (κ2) is 11.0. The number of hydrogen-bond donors (Lipinski definition) is 1. The van der Waals surface area contributed by atoms with E-state index in [0.29, 0.717) is 46.9 Å². The standard InChI is InChI=1S/C30H30F2N6O3/c1-30(2,3)41-29(39)35-21-6-5-13-37(17-21)25-11-12-34-28-26(18-9-10-24(40-4)23(32)14-18)27(36-38(25)28)19-7-8-20(16-33)22(31)15-19/h7-12,14-15,21H,5-6,13,17H2,1-4H3,(H,35,39)/t21-/m1/s1. The first-order valence-electron chi connectivity index (χ1n) is 13.2. The van der Waals surface area contributed by atoms with Crippen LogP contribution in [0.4, 0.5) is 19.4 Å². The highest BCUT2D eigenvalue weighted by molar-refractivity contribution is 5.91. The lowest BCUT2D eigenvalue weighted by Crippen LogP contribution is -2.49. The highest BCUT2D eigenvalue weighted by atomic mass is 19.1. The zero-order chi connectivity index (χ0) is 29.3. The maximum atomic E-state index is 14.8. The third-order valence-electron chi connectivity index (χ3n) is 6.77. The molecule has 212 valence electrons. The van der Waals surface area contributed by atoms with E-state index < -0.39 is 23.3 Å². The molecule has 1 aliphatic heterocycles. The van der Waals surface area contributed by atoms with Gasteiger partial charge in [0, 0.05) is 30.9 Å². The molecule has 0 bridgehead atoms. The maximum absolute atomic E-state index is 14.8. The Morgan fingerprint density at radius 3 is 2.56 bits per heavy atom. The van der Waals surface area contributed by atoms with E-state index in [1.54, 1.807) is 22.8 Å². The first kappa shape index (κ1) is 27.8. The summed E-state index contributed by atoms with van der Waals surface area (Å²) in [5.74, 6) is -0.457. The van der Waals surface area contributed by atoms with E-state index in [9.17, 15) is 18.8 Å². The van der Waals surface area contributed by atoms with Crippen LogP contribution >= 0.6 is 0 Å². The van der Waals surface area contributed by atoms with Crippen molar-refractivity contribution < 1.29 is 23.0 Å². The number of fused-ring (bicyclic) bond motifs is 1. The van der Waals surface area contributed by atoms with Crippen LogP contribution in [0, 0.1) is 23.0 Å². The zero-order valence-corrected chi connectivity index (χ0v) is 23.2. The summed E-state index contributed by atoms with van der Waals surface area (Å²) in [7, 11) is 1.38. The van der Waals surface area contributed by atoms with Crippen molar-refractivity contribution in [1.82, 2.24) is 19.9 Å². The molecule has 41 heavy (non-hydrogen) atoms. The van der Waals surface area contributed by atoms with Crippen LogP contribution in [0.3, 0.4) is 0 Å². The number of halogens is 2. The Balaban J connectivity index is 1.60. The van der Waals surface area contributed by atoms with Gasteiger partial charge >= 0.3 is 6.09 Å². The SMILES string of the molecule is COc1ccc(-c2c(-c3ccc(C#N)c(F)c3)nn3c(N4CCC[C@@H](NC(=O)OC(C)(C)C)C4)ccnc23)cc1F. The van der Waals surface area contributed by atoms with Gasteiger partial charge in [-0.3, -0.25) is 0 Å².